The zero-order valence-electron chi connectivity index (χ0n) is 13.0. The van der Waals surface area contributed by atoms with E-state index in [1.165, 1.54) is 12.1 Å². The molecular weight excluding hydrogens is 307 g/mol. The predicted molar refractivity (Wildman–Crippen MR) is 91.6 cm³/mol. The molecule has 5 nitrogen and oxygen atoms in total. The average Bonchev–Trinajstić information content (AvgIpc) is 3.14. The maximum absolute atomic E-state index is 13.3. The zero-order valence-corrected chi connectivity index (χ0v) is 13.0. The van der Waals surface area contributed by atoms with Gasteiger partial charge in [0.15, 0.2) is 0 Å². The molecule has 4 aromatic rings. The van der Waals surface area contributed by atoms with E-state index in [2.05, 4.69) is 15.3 Å². The van der Waals surface area contributed by atoms with Crippen molar-refractivity contribution in [3.63, 3.8) is 0 Å². The van der Waals surface area contributed by atoms with Gasteiger partial charge in [0.2, 0.25) is 5.95 Å². The molecule has 0 saturated heterocycles. The molecule has 0 aliphatic rings. The van der Waals surface area contributed by atoms with Crippen molar-refractivity contribution in [1.82, 2.24) is 14.5 Å². The lowest BCUT2D eigenvalue weighted by Gasteiger charge is -2.06. The summed E-state index contributed by atoms with van der Waals surface area (Å²) < 4.78 is 15.2. The Balaban J connectivity index is 1.70. The monoisotopic (exact) mass is 322 g/mol. The number of benzene rings is 2. The Morgan fingerprint density at radius 3 is 2.92 bits per heavy atom. The number of rotatable bonds is 3. The van der Waals surface area contributed by atoms with E-state index in [9.17, 15) is 9.18 Å². The molecule has 2 N–H and O–H groups in total. The van der Waals surface area contributed by atoms with E-state index in [1.54, 1.807) is 12.1 Å². The highest BCUT2D eigenvalue weighted by Gasteiger charge is 2.15. The molecule has 0 saturated carbocycles. The van der Waals surface area contributed by atoms with Gasteiger partial charge in [-0.25, -0.2) is 9.37 Å². The first-order valence-corrected chi connectivity index (χ1v) is 7.70. The lowest BCUT2D eigenvalue weighted by molar-refractivity contribution is 0.102. The Morgan fingerprint density at radius 2 is 2.08 bits per heavy atom. The van der Waals surface area contributed by atoms with Crippen LogP contribution in [0.3, 0.4) is 0 Å². The van der Waals surface area contributed by atoms with E-state index in [1.807, 2.05) is 35.8 Å². The summed E-state index contributed by atoms with van der Waals surface area (Å²) in [7, 11) is 0. The van der Waals surface area contributed by atoms with E-state index in [0.717, 1.165) is 11.0 Å². The van der Waals surface area contributed by atoms with Crippen molar-refractivity contribution in [2.75, 3.05) is 5.32 Å². The number of hydrogen-bond donors (Lipinski definition) is 2. The number of para-hydroxylation sites is 2. The normalized spacial score (nSPS) is 11.2. The van der Waals surface area contributed by atoms with Gasteiger partial charge in [-0.15, -0.1) is 0 Å². The second-order valence-electron chi connectivity index (χ2n) is 5.54. The third-order valence-electron chi connectivity index (χ3n) is 4.02. The van der Waals surface area contributed by atoms with Crippen LogP contribution in [0.2, 0.25) is 0 Å². The van der Waals surface area contributed by atoms with Crippen LogP contribution >= 0.6 is 0 Å². The Labute approximate surface area is 137 Å². The number of carbonyl (C=O) groups is 1. The zero-order chi connectivity index (χ0) is 16.7. The maximum Gasteiger partial charge on any atom is 0.274 e. The lowest BCUT2D eigenvalue weighted by Crippen LogP contribution is -2.16. The minimum absolute atomic E-state index is 0.309. The minimum Gasteiger partial charge on any atom is -0.351 e. The Hall–Kier alpha value is -3.15. The number of carbonyl (C=O) groups excluding carboxylic acids is 1. The first kappa shape index (κ1) is 14.4. The van der Waals surface area contributed by atoms with Crippen LogP contribution < -0.4 is 5.32 Å². The highest BCUT2D eigenvalue weighted by atomic mass is 19.1. The number of nitrogens with one attached hydrogen (secondary N) is 2. The number of H-pyrrole nitrogens is 1. The number of fused-ring (bicyclic) bond motifs is 2. The highest BCUT2D eigenvalue weighted by molar-refractivity contribution is 6.05. The van der Waals surface area contributed by atoms with Gasteiger partial charge in [0, 0.05) is 17.4 Å². The largest absolute Gasteiger partial charge is 0.351 e. The maximum atomic E-state index is 13.3. The molecule has 2 heterocycles. The second-order valence-corrected chi connectivity index (χ2v) is 5.54. The number of hydrogen-bond acceptors (Lipinski definition) is 2. The van der Waals surface area contributed by atoms with Gasteiger partial charge in [-0.3, -0.25) is 10.1 Å². The van der Waals surface area contributed by atoms with Crippen LogP contribution in [0, 0.1) is 5.82 Å². The van der Waals surface area contributed by atoms with Crippen LogP contribution in [0.1, 0.15) is 17.4 Å². The molecule has 0 fully saturated rings. The fraction of sp³-hybridized carbons (Fsp3) is 0.111. The van der Waals surface area contributed by atoms with Crippen molar-refractivity contribution in [3.05, 3.63) is 60.0 Å². The van der Waals surface area contributed by atoms with Gasteiger partial charge in [0.05, 0.1) is 11.0 Å². The van der Waals surface area contributed by atoms with Gasteiger partial charge in [0.25, 0.3) is 5.91 Å². The molecule has 2 aromatic heterocycles. The van der Waals surface area contributed by atoms with Crippen molar-refractivity contribution in [3.8, 4) is 0 Å². The van der Waals surface area contributed by atoms with Crippen LogP contribution in [0.5, 0.6) is 0 Å². The summed E-state index contributed by atoms with van der Waals surface area (Å²) in [5.41, 5.74) is 2.87. The van der Waals surface area contributed by atoms with E-state index in [0.29, 0.717) is 29.1 Å². The summed E-state index contributed by atoms with van der Waals surface area (Å²) >= 11 is 0. The number of aryl methyl sites for hydroxylation is 1. The molecule has 2 aromatic carbocycles. The molecule has 0 atom stereocenters. The molecule has 6 heteroatoms. The molecule has 0 aliphatic heterocycles. The molecule has 24 heavy (non-hydrogen) atoms. The molecule has 0 bridgehead atoms. The van der Waals surface area contributed by atoms with Crippen molar-refractivity contribution in [2.24, 2.45) is 0 Å². The van der Waals surface area contributed by atoms with Gasteiger partial charge in [-0.2, -0.15) is 0 Å². The molecule has 0 spiro atoms. The lowest BCUT2D eigenvalue weighted by atomic mass is 10.2. The van der Waals surface area contributed by atoms with Crippen molar-refractivity contribution in [2.45, 2.75) is 13.5 Å². The standard InChI is InChI=1S/C18H15FN4O/c1-2-23-16-6-4-3-5-14(16)21-18(23)22-17(24)15-10-11-9-12(19)7-8-13(11)20-15/h3-10,20H,2H2,1H3,(H,21,22,24). The molecule has 120 valence electrons. The fourth-order valence-electron chi connectivity index (χ4n) is 2.89. The number of aromatic amines is 1. The summed E-state index contributed by atoms with van der Waals surface area (Å²) in [6.45, 7) is 2.68. The van der Waals surface area contributed by atoms with Crippen LogP contribution in [-0.2, 0) is 6.54 Å². The average molecular weight is 322 g/mol. The summed E-state index contributed by atoms with van der Waals surface area (Å²) in [5, 5.41) is 3.49. The Morgan fingerprint density at radius 1 is 1.25 bits per heavy atom. The van der Waals surface area contributed by atoms with Crippen molar-refractivity contribution >= 4 is 33.8 Å². The summed E-state index contributed by atoms with van der Waals surface area (Å²) in [4.78, 5) is 20.0. The first-order chi connectivity index (χ1) is 11.7. The molecule has 1 amide bonds. The first-order valence-electron chi connectivity index (χ1n) is 7.70. The Kier molecular flexibility index (Phi) is 3.30. The number of nitrogens with zero attached hydrogens (tertiary/aromatic N) is 2. The van der Waals surface area contributed by atoms with Gasteiger partial charge in [-0.1, -0.05) is 12.1 Å². The number of anilines is 1. The van der Waals surface area contributed by atoms with Crippen LogP contribution in [0.25, 0.3) is 21.9 Å². The minimum atomic E-state index is -0.332. The number of imidazole rings is 1. The SMILES string of the molecule is CCn1c(NC(=O)c2cc3cc(F)ccc3[nH]2)nc2ccccc21. The molecule has 0 unspecified atom stereocenters. The molecule has 0 radical (unpaired) electrons. The van der Waals surface area contributed by atoms with Crippen molar-refractivity contribution in [1.29, 1.82) is 0 Å². The van der Waals surface area contributed by atoms with Gasteiger partial charge in [0.1, 0.15) is 11.5 Å². The third-order valence-corrected chi connectivity index (χ3v) is 4.02. The summed E-state index contributed by atoms with van der Waals surface area (Å²) in [5.74, 6) is -0.147. The van der Waals surface area contributed by atoms with E-state index in [4.69, 9.17) is 0 Å². The smallest absolute Gasteiger partial charge is 0.274 e. The number of halogens is 1. The van der Waals surface area contributed by atoms with Crippen LogP contribution in [-0.4, -0.2) is 20.4 Å². The second kappa shape index (κ2) is 5.49. The molecule has 4 rings (SSSR count). The predicted octanol–water partition coefficient (Wildman–Crippen LogP) is 3.93. The topological polar surface area (TPSA) is 62.7 Å². The van der Waals surface area contributed by atoms with E-state index < -0.39 is 0 Å². The van der Waals surface area contributed by atoms with Gasteiger partial charge < -0.3 is 9.55 Å². The third kappa shape index (κ3) is 2.32. The summed E-state index contributed by atoms with van der Waals surface area (Å²) in [6, 6.07) is 13.7. The van der Waals surface area contributed by atoms with Crippen molar-refractivity contribution < 1.29 is 9.18 Å². The van der Waals surface area contributed by atoms with Gasteiger partial charge >= 0.3 is 0 Å². The van der Waals surface area contributed by atoms with E-state index in [-0.39, 0.29) is 11.7 Å². The van der Waals surface area contributed by atoms with Crippen LogP contribution in [0.4, 0.5) is 10.3 Å². The molecule has 0 aliphatic carbocycles. The number of amides is 1. The van der Waals surface area contributed by atoms with E-state index >= 15 is 0 Å². The highest BCUT2D eigenvalue weighted by Crippen LogP contribution is 2.21. The fourth-order valence-corrected chi connectivity index (χ4v) is 2.89. The van der Waals surface area contributed by atoms with Crippen LogP contribution in [0.15, 0.2) is 48.5 Å². The van der Waals surface area contributed by atoms with Gasteiger partial charge in [-0.05, 0) is 43.3 Å². The summed E-state index contributed by atoms with van der Waals surface area (Å²) in [6.07, 6.45) is 0. The Bertz CT molecular complexity index is 1060. The number of aromatic nitrogens is 3. The quantitative estimate of drug-likeness (QED) is 0.600. The molecular formula is C18H15FN4O.